The summed E-state index contributed by atoms with van der Waals surface area (Å²) in [5.74, 6) is 1.63. The van der Waals surface area contributed by atoms with E-state index in [4.69, 9.17) is 4.99 Å². The Balaban J connectivity index is 1.95. The van der Waals surface area contributed by atoms with Gasteiger partial charge in [-0.05, 0) is 29.8 Å². The van der Waals surface area contributed by atoms with E-state index in [1.54, 1.807) is 11.6 Å². The van der Waals surface area contributed by atoms with Crippen LogP contribution in [0.3, 0.4) is 0 Å². The van der Waals surface area contributed by atoms with Crippen LogP contribution in [0.1, 0.15) is 38.5 Å². The van der Waals surface area contributed by atoms with Gasteiger partial charge in [0.1, 0.15) is 5.84 Å². The highest BCUT2D eigenvalue weighted by molar-refractivity contribution is 5.87. The van der Waals surface area contributed by atoms with Gasteiger partial charge in [-0.3, -0.25) is 4.57 Å². The van der Waals surface area contributed by atoms with Crippen molar-refractivity contribution in [1.29, 1.82) is 0 Å². The lowest BCUT2D eigenvalue weighted by Gasteiger charge is -2.37. The fourth-order valence-electron chi connectivity index (χ4n) is 3.77. The number of rotatable bonds is 3. The first kappa shape index (κ1) is 17.8. The zero-order chi connectivity index (χ0) is 17.8. The number of nitrogens with zero attached hydrogens (tertiary/aromatic N) is 6. The van der Waals surface area contributed by atoms with Crippen molar-refractivity contribution in [2.45, 2.75) is 38.5 Å². The van der Waals surface area contributed by atoms with Crippen molar-refractivity contribution in [3.05, 3.63) is 16.4 Å². The highest BCUT2D eigenvalue weighted by atomic mass is 16.6. The molecule has 0 bridgehead atoms. The molecule has 0 radical (unpaired) electrons. The summed E-state index contributed by atoms with van der Waals surface area (Å²) in [5, 5.41) is 11.3. The quantitative estimate of drug-likeness (QED) is 0.276. The molecule has 2 fully saturated rings. The number of aryl methyl sites for hydroxylation is 1. The molecule has 1 saturated carbocycles. The summed E-state index contributed by atoms with van der Waals surface area (Å²) < 4.78 is 1.66. The highest BCUT2D eigenvalue weighted by Gasteiger charge is 2.28. The maximum atomic E-state index is 11.3. The number of hydrogen-bond acceptors (Lipinski definition) is 5. The molecular weight excluding hydrogens is 320 g/mol. The van der Waals surface area contributed by atoms with Crippen LogP contribution in [0.25, 0.3) is 0 Å². The zero-order valence-corrected chi connectivity index (χ0v) is 15.2. The molecule has 0 atom stereocenters. The molecule has 1 aliphatic carbocycles. The number of hydrogen-bond donors (Lipinski definition) is 0. The number of nitro groups is 1. The molecule has 0 amide bonds. The summed E-state index contributed by atoms with van der Waals surface area (Å²) in [5.41, 5.74) is 0. The summed E-state index contributed by atoms with van der Waals surface area (Å²) in [6, 6.07) is 0. The summed E-state index contributed by atoms with van der Waals surface area (Å²) in [6.07, 6.45) is 8.70. The summed E-state index contributed by atoms with van der Waals surface area (Å²) in [7, 11) is 3.90. The smallest absolute Gasteiger partial charge is 0.358 e. The van der Waals surface area contributed by atoms with Gasteiger partial charge in [0.2, 0.25) is 12.1 Å². The van der Waals surface area contributed by atoms with E-state index in [9.17, 15) is 10.1 Å². The lowest BCUT2D eigenvalue weighted by molar-refractivity contribution is -0.388. The maximum absolute atomic E-state index is 11.3. The standard InChI is InChI=1S/C17H28N6O2/c1-20-9-11-22(12-10-20)15(14-7-5-3-4-6-8-14)19-17-16(23(24)25)18-13-21(17)2/h13-14H,3-12H2,1-2H3/b19-15-. The molecule has 0 spiro atoms. The van der Waals surface area contributed by atoms with Crippen LogP contribution < -0.4 is 0 Å². The van der Waals surface area contributed by atoms with Gasteiger partial charge < -0.3 is 19.9 Å². The Bertz CT molecular complexity index is 625. The van der Waals surface area contributed by atoms with Gasteiger partial charge in [0, 0.05) is 39.1 Å². The first-order valence-corrected chi connectivity index (χ1v) is 9.24. The fraction of sp³-hybridized carbons (Fsp3) is 0.765. The molecule has 1 aliphatic heterocycles. The van der Waals surface area contributed by atoms with Gasteiger partial charge in [0.25, 0.3) is 0 Å². The summed E-state index contributed by atoms with van der Waals surface area (Å²) in [6.45, 7) is 3.85. The van der Waals surface area contributed by atoms with Gasteiger partial charge in [0.15, 0.2) is 0 Å². The molecule has 25 heavy (non-hydrogen) atoms. The topological polar surface area (TPSA) is 79.8 Å². The molecule has 1 aromatic heterocycles. The van der Waals surface area contributed by atoms with E-state index < -0.39 is 4.92 Å². The number of amidine groups is 1. The minimum atomic E-state index is -0.437. The van der Waals surface area contributed by atoms with Crippen molar-refractivity contribution >= 4 is 17.5 Å². The number of imidazole rings is 1. The van der Waals surface area contributed by atoms with Crippen molar-refractivity contribution in [2.24, 2.45) is 18.0 Å². The van der Waals surface area contributed by atoms with E-state index in [1.807, 2.05) is 0 Å². The number of piperazine rings is 1. The Labute approximate surface area is 148 Å². The van der Waals surface area contributed by atoms with E-state index in [1.165, 1.54) is 32.0 Å². The molecule has 3 rings (SSSR count). The largest absolute Gasteiger partial charge is 0.408 e. The van der Waals surface area contributed by atoms with Crippen LogP contribution >= 0.6 is 0 Å². The molecule has 1 saturated heterocycles. The first-order chi connectivity index (χ1) is 12.1. The molecule has 0 N–H and O–H groups in total. The van der Waals surface area contributed by atoms with E-state index in [-0.39, 0.29) is 5.82 Å². The Morgan fingerprint density at radius 2 is 1.80 bits per heavy atom. The number of likely N-dealkylation sites (N-methyl/N-ethyl adjacent to an activating group) is 1. The van der Waals surface area contributed by atoms with Crippen LogP contribution in [-0.2, 0) is 7.05 Å². The minimum Gasteiger partial charge on any atom is -0.358 e. The van der Waals surface area contributed by atoms with Gasteiger partial charge in [0.05, 0.1) is 0 Å². The molecule has 0 unspecified atom stereocenters. The molecular formula is C17H28N6O2. The Morgan fingerprint density at radius 3 is 2.40 bits per heavy atom. The Hall–Kier alpha value is -1.96. The van der Waals surface area contributed by atoms with E-state index in [2.05, 4.69) is 21.8 Å². The van der Waals surface area contributed by atoms with Crippen LogP contribution in [0.4, 0.5) is 11.6 Å². The number of aromatic nitrogens is 2. The highest BCUT2D eigenvalue weighted by Crippen LogP contribution is 2.30. The van der Waals surface area contributed by atoms with Crippen molar-refractivity contribution in [3.63, 3.8) is 0 Å². The molecule has 1 aromatic rings. The summed E-state index contributed by atoms with van der Waals surface area (Å²) in [4.78, 5) is 24.3. The molecule has 8 nitrogen and oxygen atoms in total. The normalized spacial score (nSPS) is 21.4. The van der Waals surface area contributed by atoms with Crippen LogP contribution in [0, 0.1) is 16.0 Å². The molecule has 0 aromatic carbocycles. The third-order valence-electron chi connectivity index (χ3n) is 5.33. The average Bonchev–Trinajstić information content (AvgIpc) is 2.80. The lowest BCUT2D eigenvalue weighted by Crippen LogP contribution is -2.49. The molecule has 8 heteroatoms. The van der Waals surface area contributed by atoms with Crippen molar-refractivity contribution in [3.8, 4) is 0 Å². The van der Waals surface area contributed by atoms with Gasteiger partial charge in [-0.25, -0.2) is 4.99 Å². The second-order valence-electron chi connectivity index (χ2n) is 7.21. The summed E-state index contributed by atoms with van der Waals surface area (Å²) >= 11 is 0. The van der Waals surface area contributed by atoms with Gasteiger partial charge in [-0.1, -0.05) is 25.7 Å². The van der Waals surface area contributed by atoms with E-state index >= 15 is 0 Å². The third-order valence-corrected chi connectivity index (χ3v) is 5.33. The van der Waals surface area contributed by atoms with Crippen LogP contribution in [0.5, 0.6) is 0 Å². The predicted octanol–water partition coefficient (Wildman–Crippen LogP) is 2.58. The van der Waals surface area contributed by atoms with Gasteiger partial charge in [-0.15, -0.1) is 0 Å². The minimum absolute atomic E-state index is 0.150. The van der Waals surface area contributed by atoms with Crippen molar-refractivity contribution < 1.29 is 4.92 Å². The van der Waals surface area contributed by atoms with Crippen molar-refractivity contribution in [2.75, 3.05) is 33.2 Å². The van der Waals surface area contributed by atoms with E-state index in [0.29, 0.717) is 11.7 Å². The Kier molecular flexibility index (Phi) is 5.67. The second kappa shape index (κ2) is 7.95. The van der Waals surface area contributed by atoms with E-state index in [0.717, 1.165) is 44.9 Å². The molecule has 2 heterocycles. The van der Waals surface area contributed by atoms with Crippen LogP contribution in [0.2, 0.25) is 0 Å². The maximum Gasteiger partial charge on any atom is 0.408 e. The van der Waals surface area contributed by atoms with Crippen LogP contribution in [-0.4, -0.2) is 63.3 Å². The van der Waals surface area contributed by atoms with Gasteiger partial charge >= 0.3 is 5.82 Å². The first-order valence-electron chi connectivity index (χ1n) is 9.24. The third kappa shape index (κ3) is 4.18. The molecule has 138 valence electrons. The molecule has 2 aliphatic rings. The zero-order valence-electron chi connectivity index (χ0n) is 15.2. The van der Waals surface area contributed by atoms with Gasteiger partial charge in [-0.2, -0.15) is 0 Å². The fourth-order valence-corrected chi connectivity index (χ4v) is 3.77. The average molecular weight is 348 g/mol. The van der Waals surface area contributed by atoms with Crippen molar-refractivity contribution in [1.82, 2.24) is 19.4 Å². The van der Waals surface area contributed by atoms with Crippen LogP contribution in [0.15, 0.2) is 11.3 Å². The predicted molar refractivity (Wildman–Crippen MR) is 97.2 cm³/mol. The monoisotopic (exact) mass is 348 g/mol. The lowest BCUT2D eigenvalue weighted by atomic mass is 9.97. The SMILES string of the molecule is CN1CCN(/C(=N\c2c([N+](=O)[O-])ncn2C)C2CCCCCC2)CC1. The number of aliphatic imine (C=N–C) groups is 1. The second-order valence-corrected chi connectivity index (χ2v) is 7.21. The Morgan fingerprint density at radius 1 is 1.16 bits per heavy atom.